The van der Waals surface area contributed by atoms with Crippen molar-refractivity contribution in [2.24, 2.45) is 0 Å². The summed E-state index contributed by atoms with van der Waals surface area (Å²) in [7, 11) is 1.54. The molecule has 0 saturated heterocycles. The highest BCUT2D eigenvalue weighted by Crippen LogP contribution is 2.21. The number of rotatable bonds is 5. The zero-order valence-corrected chi connectivity index (χ0v) is 11.4. The molecule has 0 aliphatic carbocycles. The largest absolute Gasteiger partial charge is 0.493 e. The molecule has 0 unspecified atom stereocenters. The van der Waals surface area contributed by atoms with Gasteiger partial charge in [0.05, 0.1) is 13.3 Å². The first-order valence-electron chi connectivity index (χ1n) is 6.24. The first kappa shape index (κ1) is 13.3. The number of pyridine rings is 1. The second-order valence-electron chi connectivity index (χ2n) is 4.33. The van der Waals surface area contributed by atoms with Crippen molar-refractivity contribution in [2.45, 2.75) is 26.8 Å². The number of aromatic nitrogens is 3. The highest BCUT2D eigenvalue weighted by molar-refractivity contribution is 6.08. The van der Waals surface area contributed by atoms with Crippen LogP contribution in [0.25, 0.3) is 0 Å². The summed E-state index contributed by atoms with van der Waals surface area (Å²) in [5.74, 6) is 0.327. The number of methoxy groups -OCH3 is 1. The predicted molar refractivity (Wildman–Crippen MR) is 71.5 cm³/mol. The lowest BCUT2D eigenvalue weighted by molar-refractivity contribution is 0.102. The van der Waals surface area contributed by atoms with Gasteiger partial charge in [0, 0.05) is 12.7 Å². The van der Waals surface area contributed by atoms with Crippen molar-refractivity contribution < 1.29 is 9.53 Å². The molecule has 0 fully saturated rings. The fourth-order valence-corrected chi connectivity index (χ4v) is 1.91. The van der Waals surface area contributed by atoms with E-state index in [2.05, 4.69) is 10.1 Å². The molecule has 100 valence electrons. The summed E-state index contributed by atoms with van der Waals surface area (Å²) < 4.78 is 6.89. The Labute approximate surface area is 112 Å². The Hall–Kier alpha value is -2.17. The van der Waals surface area contributed by atoms with Gasteiger partial charge in [-0.1, -0.05) is 6.92 Å². The van der Waals surface area contributed by atoms with Crippen molar-refractivity contribution in [3.63, 3.8) is 0 Å². The lowest BCUT2D eigenvalue weighted by atomic mass is 10.1. The van der Waals surface area contributed by atoms with Crippen LogP contribution < -0.4 is 4.74 Å². The molecule has 0 aliphatic rings. The third-order valence-corrected chi connectivity index (χ3v) is 2.82. The van der Waals surface area contributed by atoms with Gasteiger partial charge in [-0.05, 0) is 31.0 Å². The lowest BCUT2D eigenvalue weighted by Crippen LogP contribution is -2.13. The molecule has 0 atom stereocenters. The van der Waals surface area contributed by atoms with E-state index in [0.717, 1.165) is 12.0 Å². The van der Waals surface area contributed by atoms with Crippen LogP contribution in [0, 0.1) is 6.92 Å². The maximum Gasteiger partial charge on any atom is 0.233 e. The van der Waals surface area contributed by atoms with E-state index in [1.165, 1.54) is 7.11 Å². The van der Waals surface area contributed by atoms with Crippen LogP contribution in [-0.4, -0.2) is 27.7 Å². The van der Waals surface area contributed by atoms with E-state index >= 15 is 0 Å². The van der Waals surface area contributed by atoms with Crippen molar-refractivity contribution in [3.8, 4) is 5.75 Å². The van der Waals surface area contributed by atoms with Gasteiger partial charge in [0.25, 0.3) is 0 Å². The molecular formula is C14H17N3O2. The monoisotopic (exact) mass is 259 g/mol. The summed E-state index contributed by atoms with van der Waals surface area (Å²) in [6, 6.07) is 3.63. The Morgan fingerprint density at radius 1 is 1.47 bits per heavy atom. The van der Waals surface area contributed by atoms with E-state index in [-0.39, 0.29) is 5.78 Å². The molecule has 0 radical (unpaired) electrons. The molecular weight excluding hydrogens is 242 g/mol. The maximum atomic E-state index is 12.5. The first-order chi connectivity index (χ1) is 9.17. The summed E-state index contributed by atoms with van der Waals surface area (Å²) in [6.45, 7) is 4.64. The van der Waals surface area contributed by atoms with Gasteiger partial charge in [0.2, 0.25) is 5.78 Å². The summed E-state index contributed by atoms with van der Waals surface area (Å²) in [6.07, 6.45) is 4.10. The van der Waals surface area contributed by atoms with Crippen LogP contribution in [0.1, 0.15) is 35.1 Å². The second-order valence-corrected chi connectivity index (χ2v) is 4.33. The van der Waals surface area contributed by atoms with Crippen LogP contribution in [0.15, 0.2) is 24.5 Å². The number of carbonyl (C=O) groups excluding carboxylic acids is 1. The average Bonchev–Trinajstić information content (AvgIpc) is 2.81. The number of ether oxygens (including phenoxy) is 1. The summed E-state index contributed by atoms with van der Waals surface area (Å²) in [5.41, 5.74) is 1.87. The minimum Gasteiger partial charge on any atom is -0.493 e. The van der Waals surface area contributed by atoms with Crippen LogP contribution in [0.3, 0.4) is 0 Å². The Morgan fingerprint density at radius 3 is 2.89 bits per heavy atom. The van der Waals surface area contributed by atoms with Gasteiger partial charge in [-0.25, -0.2) is 0 Å². The molecule has 0 bridgehead atoms. The van der Waals surface area contributed by atoms with Crippen molar-refractivity contribution >= 4 is 5.78 Å². The zero-order chi connectivity index (χ0) is 13.8. The van der Waals surface area contributed by atoms with Gasteiger partial charge in [-0.15, -0.1) is 0 Å². The second kappa shape index (κ2) is 5.65. The van der Waals surface area contributed by atoms with Gasteiger partial charge in [0.15, 0.2) is 11.4 Å². The molecule has 0 N–H and O–H groups in total. The number of ketones is 1. The molecule has 2 rings (SSSR count). The Bertz CT molecular complexity index is 590. The predicted octanol–water partition coefficient (Wildman–Crippen LogP) is 2.24. The van der Waals surface area contributed by atoms with E-state index in [4.69, 9.17) is 4.74 Å². The molecule has 0 aliphatic heterocycles. The summed E-state index contributed by atoms with van der Waals surface area (Å²) >= 11 is 0. The molecule has 0 spiro atoms. The molecule has 5 nitrogen and oxygen atoms in total. The van der Waals surface area contributed by atoms with Gasteiger partial charge >= 0.3 is 0 Å². The highest BCUT2D eigenvalue weighted by Gasteiger charge is 2.21. The summed E-state index contributed by atoms with van der Waals surface area (Å²) in [5, 5.41) is 4.19. The SMILES string of the molecule is CCCn1ncc(OC)c1C(=O)c1cc(C)ccn1. The van der Waals surface area contributed by atoms with Crippen molar-refractivity contribution in [1.82, 2.24) is 14.8 Å². The van der Waals surface area contributed by atoms with Crippen molar-refractivity contribution in [2.75, 3.05) is 7.11 Å². The molecule has 0 saturated carbocycles. The number of aryl methyl sites for hydroxylation is 2. The van der Waals surface area contributed by atoms with E-state index < -0.39 is 0 Å². The molecule has 19 heavy (non-hydrogen) atoms. The Morgan fingerprint density at radius 2 is 2.26 bits per heavy atom. The van der Waals surface area contributed by atoms with E-state index in [0.29, 0.717) is 23.7 Å². The zero-order valence-electron chi connectivity index (χ0n) is 11.4. The van der Waals surface area contributed by atoms with Crippen molar-refractivity contribution in [1.29, 1.82) is 0 Å². The fraction of sp³-hybridized carbons (Fsp3) is 0.357. The maximum absolute atomic E-state index is 12.5. The molecule has 0 amide bonds. The van der Waals surface area contributed by atoms with E-state index in [1.807, 2.05) is 19.9 Å². The van der Waals surface area contributed by atoms with Crippen LogP contribution in [-0.2, 0) is 6.54 Å². The Balaban J connectivity index is 2.45. The first-order valence-corrected chi connectivity index (χ1v) is 6.24. The number of hydrogen-bond acceptors (Lipinski definition) is 4. The molecule has 2 aromatic heterocycles. The van der Waals surface area contributed by atoms with E-state index in [9.17, 15) is 4.79 Å². The van der Waals surface area contributed by atoms with E-state index in [1.54, 1.807) is 23.1 Å². The Kier molecular flexibility index (Phi) is 3.94. The molecule has 0 aromatic carbocycles. The fourth-order valence-electron chi connectivity index (χ4n) is 1.91. The standard InChI is InChI=1S/C14H17N3O2/c1-4-7-17-13(12(19-3)9-16-17)14(18)11-8-10(2)5-6-15-11/h5-6,8-9H,4,7H2,1-3H3. The number of carbonyl (C=O) groups is 1. The van der Waals surface area contributed by atoms with Gasteiger partial charge < -0.3 is 4.74 Å². The normalized spacial score (nSPS) is 10.5. The highest BCUT2D eigenvalue weighted by atomic mass is 16.5. The van der Waals surface area contributed by atoms with Crippen LogP contribution in [0.4, 0.5) is 0 Å². The number of nitrogens with zero attached hydrogens (tertiary/aromatic N) is 3. The van der Waals surface area contributed by atoms with Crippen LogP contribution in [0.5, 0.6) is 5.75 Å². The minimum absolute atomic E-state index is 0.161. The quantitative estimate of drug-likeness (QED) is 0.773. The van der Waals surface area contributed by atoms with Crippen LogP contribution >= 0.6 is 0 Å². The molecule has 2 aromatic rings. The third kappa shape index (κ3) is 2.65. The third-order valence-electron chi connectivity index (χ3n) is 2.82. The average molecular weight is 259 g/mol. The molecule has 5 heteroatoms. The van der Waals surface area contributed by atoms with Gasteiger partial charge in [0.1, 0.15) is 5.69 Å². The topological polar surface area (TPSA) is 57.0 Å². The van der Waals surface area contributed by atoms with Gasteiger partial charge in [-0.3, -0.25) is 14.5 Å². The number of hydrogen-bond donors (Lipinski definition) is 0. The minimum atomic E-state index is -0.161. The molecule has 2 heterocycles. The summed E-state index contributed by atoms with van der Waals surface area (Å²) in [4.78, 5) is 16.7. The van der Waals surface area contributed by atoms with Crippen molar-refractivity contribution in [3.05, 3.63) is 41.5 Å². The van der Waals surface area contributed by atoms with Crippen LogP contribution in [0.2, 0.25) is 0 Å². The lowest BCUT2D eigenvalue weighted by Gasteiger charge is -2.07. The smallest absolute Gasteiger partial charge is 0.233 e. The van der Waals surface area contributed by atoms with Gasteiger partial charge in [-0.2, -0.15) is 5.10 Å².